The summed E-state index contributed by atoms with van der Waals surface area (Å²) < 4.78 is 52.8. The molecule has 0 aromatic heterocycles. The van der Waals surface area contributed by atoms with E-state index in [2.05, 4.69) is 42.5 Å². The van der Waals surface area contributed by atoms with E-state index in [4.69, 9.17) is 38.1 Å². The molecule has 12 amide bonds. The number of likely N-dealkylation sites (N-methyl/N-ethyl adjacent to an activating group) is 4. The second kappa shape index (κ2) is 62.1. The van der Waals surface area contributed by atoms with E-state index in [-0.39, 0.29) is 81.2 Å². The smallest absolute Gasteiger partial charge is 0.407 e. The van der Waals surface area contributed by atoms with Crippen LogP contribution >= 0.6 is 7.37 Å². The number of cyclic esters (lactones) is 4. The van der Waals surface area contributed by atoms with Crippen molar-refractivity contribution in [1.29, 1.82) is 0 Å². The van der Waals surface area contributed by atoms with Crippen LogP contribution in [-0.2, 0) is 117 Å². The number of aliphatic hydroxyl groups excluding tert-OH is 1. The molecule has 0 saturated carbocycles. The molecule has 18 atom stereocenters. The van der Waals surface area contributed by atoms with Crippen LogP contribution < -0.4 is 42.5 Å². The second-order valence-electron chi connectivity index (χ2n) is 37.9. The first kappa shape index (κ1) is 123. The summed E-state index contributed by atoms with van der Waals surface area (Å²) in [6.45, 7) is 36.7. The third kappa shape index (κ3) is 42.6. The molecular formula is C102H161N12O25P. The Morgan fingerprint density at radius 2 is 0.829 bits per heavy atom. The first-order chi connectivity index (χ1) is 65.8. The number of nitrogens with zero attached hydrogens (tertiary/aromatic N) is 4. The first-order valence-corrected chi connectivity index (χ1v) is 51.3. The lowest BCUT2D eigenvalue weighted by molar-refractivity contribution is -0.155. The summed E-state index contributed by atoms with van der Waals surface area (Å²) in [6.07, 6.45) is 3.17. The molecule has 2 aromatic rings. The van der Waals surface area contributed by atoms with Gasteiger partial charge in [0.25, 0.3) is 11.8 Å². The number of benzene rings is 2. The van der Waals surface area contributed by atoms with E-state index < -0.39 is 224 Å². The minimum atomic E-state index is -2.61. The number of unbranched alkanes of at least 4 members (excludes halogenated alkanes) is 4. The van der Waals surface area contributed by atoms with Gasteiger partial charge in [-0.2, -0.15) is 0 Å². The molecule has 0 saturated heterocycles. The SMILES string of the molecule is C/C=C(\C)[C@H]1OC(=O)[C@@H](C)NC(=O)[C@H](C(C)CC)NC(=O)CN(C)C(=O)[C@@H](Cc2ccccc2)N(C)C(=O)[C@H](C)NC(=O)[C@@H](CC(C)C)OC(=O)/C(C)=C/C[C@H](OC(=O)NCCCCCO)[C@@H]1C.C/C=C(\C)[C@H]1OC(=O)[C@@H](C)NC(=O)[C@H](C(C)CC)NC(=O)CN(C)C(=O)[C@@H](Cc2ccccc2)N(C)C(=O)[C@H](C)NC(=O)[C@@H](CC(C)C)OC(=O)/C(C)=C/C[C@H](OC(=O)NCCCCCOP(C)(C)=O)[C@@H]1C. The lowest BCUT2D eigenvalue weighted by Crippen LogP contribution is -2.57. The Hall–Kier alpha value is -11.3. The van der Waals surface area contributed by atoms with Crippen molar-refractivity contribution in [1.82, 2.24) is 62.1 Å². The highest BCUT2D eigenvalue weighted by Crippen LogP contribution is 2.37. The summed E-state index contributed by atoms with van der Waals surface area (Å²) in [5.74, 6) is -12.4. The van der Waals surface area contributed by atoms with E-state index in [0.717, 1.165) is 20.9 Å². The largest absolute Gasteiger partial charge is 0.456 e. The molecule has 37 nitrogen and oxygen atoms in total. The molecule has 140 heavy (non-hydrogen) atoms. The number of allylic oxidation sites excluding steroid dienone is 2. The summed E-state index contributed by atoms with van der Waals surface area (Å²) in [5.41, 5.74) is 2.81. The van der Waals surface area contributed by atoms with Gasteiger partial charge >= 0.3 is 36.1 Å². The van der Waals surface area contributed by atoms with Crippen molar-refractivity contribution in [2.45, 2.75) is 313 Å². The number of hydrogen-bond acceptors (Lipinski definition) is 25. The van der Waals surface area contributed by atoms with Gasteiger partial charge in [0.2, 0.25) is 47.3 Å². The van der Waals surface area contributed by atoms with Crippen molar-refractivity contribution in [3.63, 3.8) is 0 Å². The summed E-state index contributed by atoms with van der Waals surface area (Å²) in [6, 6.07) is 8.62. The molecule has 0 radical (unpaired) electrons. The average molecular weight is 1990 g/mol. The van der Waals surface area contributed by atoms with E-state index in [9.17, 15) is 81.3 Å². The van der Waals surface area contributed by atoms with Crippen LogP contribution in [0.4, 0.5) is 9.59 Å². The lowest BCUT2D eigenvalue weighted by atomic mass is 9.90. The Bertz CT molecular complexity index is 4600. The molecule has 784 valence electrons. The van der Waals surface area contributed by atoms with E-state index in [1.165, 1.54) is 91.7 Å². The van der Waals surface area contributed by atoms with E-state index in [1.54, 1.807) is 129 Å². The lowest BCUT2D eigenvalue weighted by Gasteiger charge is -2.33. The standard InChI is InChI=1S/C52H83N6O13P.C50H78N6O12/c1-15-33(5)44-47(61)55-38(10)51(65)71-45(34(6)16-2)36(8)41(70-52(66)53-27-21-18-22-28-68-72(13,14)67)26-25-35(7)50(64)69-42(29-32(3)4)46(60)54-37(9)48(62)58(12)40(30-39-23-19-17-20-24-39)49(63)57(11)31-43(59)56-44;1-13-31(5)42-45(60)53-36(10)49(64)68-43(32(6)14-2)34(8)39(67-50(65)51-25-19-16-20-26-57)24-23-33(7)48(63)66-40(27-30(3)4)44(59)52-35(9)46(61)56(12)38(28-37-21-17-15-18-22-37)47(62)55(11)29-41(58)54-42/h16-17,19-20,23-25,32-33,36-38,40-42,44-45H,15,18,21-22,26-31H2,1-14H3,(H,53,66)(H,54,60)(H,55,61)(H,56,59);14-15,17-18,21-23,30-31,34-36,38-40,42-43,57H,13,16,19-20,24-29H2,1-12H3,(H,51,65)(H,52,59)(H,53,60)(H,54,58)/b34-16+,35-25+;32-14+,33-23+/t33?,36-,37-,38+,40+,41-,42+,44-,45+;31?,34-,35-,36+,38+,39-,40+,42-,43+/m00/s1. The van der Waals surface area contributed by atoms with Crippen LogP contribution in [0.25, 0.3) is 0 Å². The Morgan fingerprint density at radius 3 is 1.15 bits per heavy atom. The summed E-state index contributed by atoms with van der Waals surface area (Å²) >= 11 is 0. The van der Waals surface area contributed by atoms with Gasteiger partial charge in [-0.3, -0.25) is 52.5 Å². The van der Waals surface area contributed by atoms with Gasteiger partial charge in [0.15, 0.2) is 19.6 Å². The maximum Gasteiger partial charge on any atom is 0.407 e. The zero-order valence-electron chi connectivity index (χ0n) is 87.3. The van der Waals surface area contributed by atoms with Crippen LogP contribution in [0.2, 0.25) is 0 Å². The van der Waals surface area contributed by atoms with Crippen molar-refractivity contribution < 1.29 is 119 Å². The predicted molar refractivity (Wildman–Crippen MR) is 531 cm³/mol. The van der Waals surface area contributed by atoms with Gasteiger partial charge in [-0.05, 0) is 167 Å². The molecule has 0 bridgehead atoms. The van der Waals surface area contributed by atoms with Gasteiger partial charge in [0.05, 0.1) is 19.7 Å². The van der Waals surface area contributed by atoms with Crippen LogP contribution in [0.5, 0.6) is 0 Å². The molecule has 2 aliphatic heterocycles. The van der Waals surface area contributed by atoms with Gasteiger partial charge in [0, 0.05) is 110 Å². The molecule has 38 heteroatoms. The molecule has 0 aliphatic carbocycles. The molecule has 2 unspecified atom stereocenters. The fraction of sp³-hybridized carbons (Fsp3) is 0.647. The molecule has 2 aromatic carbocycles. The summed E-state index contributed by atoms with van der Waals surface area (Å²) in [5, 5.41) is 30.8. The topological polar surface area (TPSA) is 484 Å². The number of nitrogens with one attached hydrogen (secondary N) is 8. The summed E-state index contributed by atoms with van der Waals surface area (Å²) in [7, 11) is 3.05. The highest BCUT2D eigenvalue weighted by molar-refractivity contribution is 7.57. The van der Waals surface area contributed by atoms with E-state index in [0.29, 0.717) is 69.1 Å². The number of alkyl carbamates (subject to hydrolysis) is 2. The minimum Gasteiger partial charge on any atom is -0.456 e. The number of amides is 12. The molecule has 2 heterocycles. The monoisotopic (exact) mass is 1990 g/mol. The van der Waals surface area contributed by atoms with Crippen LogP contribution in [-0.4, -0.2) is 286 Å². The van der Waals surface area contributed by atoms with Crippen molar-refractivity contribution in [2.24, 2.45) is 35.5 Å². The number of aliphatic hydroxyl groups is 1. The van der Waals surface area contributed by atoms with Gasteiger partial charge in [0.1, 0.15) is 72.8 Å². The molecule has 4 rings (SSSR count). The Kier molecular flexibility index (Phi) is 54.5. The zero-order chi connectivity index (χ0) is 106. The fourth-order valence-corrected chi connectivity index (χ4v) is 15.8. The quantitative estimate of drug-likeness (QED) is 0.0126. The molecule has 0 fully saturated rings. The fourth-order valence-electron chi connectivity index (χ4n) is 15.2. The molecule has 9 N–H and O–H groups in total. The van der Waals surface area contributed by atoms with Crippen molar-refractivity contribution in [2.75, 3.05) is 80.9 Å². The summed E-state index contributed by atoms with van der Waals surface area (Å²) in [4.78, 5) is 226. The Labute approximate surface area is 828 Å². The van der Waals surface area contributed by atoms with E-state index >= 15 is 0 Å². The molecular weight excluding hydrogens is 1820 g/mol. The van der Waals surface area contributed by atoms with Crippen molar-refractivity contribution in [3.8, 4) is 0 Å². The van der Waals surface area contributed by atoms with Crippen LogP contribution in [0.1, 0.15) is 227 Å². The maximum absolute atomic E-state index is 14.3. The third-order valence-corrected chi connectivity index (χ3v) is 25.5. The van der Waals surface area contributed by atoms with Crippen molar-refractivity contribution in [3.05, 3.63) is 118 Å². The predicted octanol–water partition coefficient (Wildman–Crippen LogP) is 9.83. The van der Waals surface area contributed by atoms with Crippen LogP contribution in [0.3, 0.4) is 0 Å². The first-order valence-electron chi connectivity index (χ1n) is 48.8. The van der Waals surface area contributed by atoms with Crippen LogP contribution in [0, 0.1) is 35.5 Å². The van der Waals surface area contributed by atoms with Gasteiger partial charge in [-0.1, -0.05) is 167 Å². The number of carbonyl (C=O) groups excluding carboxylic acids is 16. The molecule has 2 aliphatic rings. The zero-order valence-corrected chi connectivity index (χ0v) is 88.1. The number of carbonyl (C=O) groups is 16. The Balaban J connectivity index is 0.000000721. The Morgan fingerprint density at radius 1 is 0.486 bits per heavy atom. The second-order valence-corrected chi connectivity index (χ2v) is 40.7. The number of rotatable bonds is 28. The van der Waals surface area contributed by atoms with Gasteiger partial charge in [-0.25, -0.2) is 28.8 Å². The maximum atomic E-state index is 14.3. The highest BCUT2D eigenvalue weighted by atomic mass is 31.2. The van der Waals surface area contributed by atoms with Crippen LogP contribution in [0.15, 0.2) is 107 Å². The number of hydrogen-bond donors (Lipinski definition) is 9. The highest BCUT2D eigenvalue weighted by Gasteiger charge is 2.42. The van der Waals surface area contributed by atoms with Gasteiger partial charge < -0.3 is 100 Å². The van der Waals surface area contributed by atoms with Crippen molar-refractivity contribution >= 4 is 103 Å². The molecule has 0 spiro atoms. The average Bonchev–Trinajstić information content (AvgIpc) is 0.831. The number of ether oxygens (including phenoxy) is 6. The normalized spacial score (nSPS) is 26.1. The number of esters is 4. The van der Waals surface area contributed by atoms with E-state index in [1.807, 2.05) is 53.7 Å². The van der Waals surface area contributed by atoms with Gasteiger partial charge in [-0.15, -0.1) is 0 Å². The minimum absolute atomic E-state index is 0.0239. The third-order valence-electron chi connectivity index (χ3n) is 24.7.